The second-order valence-corrected chi connectivity index (χ2v) is 12.0. The molecule has 3 aliphatic rings. The monoisotopic (exact) mass is 545 g/mol. The van der Waals surface area contributed by atoms with E-state index in [0.717, 1.165) is 44.9 Å². The zero-order chi connectivity index (χ0) is 28.1. The van der Waals surface area contributed by atoms with Gasteiger partial charge in [-0.2, -0.15) is 0 Å². The number of allylic oxidation sites excluding steroid dienone is 1. The number of carbonyl (C=O) groups excluding carboxylic acids is 3. The maximum Gasteiger partial charge on any atom is 0.287 e. The van der Waals surface area contributed by atoms with Gasteiger partial charge in [-0.25, -0.2) is 0 Å². The van der Waals surface area contributed by atoms with E-state index < -0.39 is 18.0 Å². The summed E-state index contributed by atoms with van der Waals surface area (Å²) < 4.78 is 5.27. The summed E-state index contributed by atoms with van der Waals surface area (Å²) in [5, 5.41) is 6.00. The van der Waals surface area contributed by atoms with Crippen molar-refractivity contribution in [2.45, 2.75) is 89.1 Å². The Morgan fingerprint density at radius 1 is 1.02 bits per heavy atom. The number of hydrogen-bond acceptors (Lipinski definition) is 4. The van der Waals surface area contributed by atoms with Gasteiger partial charge >= 0.3 is 0 Å². The van der Waals surface area contributed by atoms with E-state index in [9.17, 15) is 14.4 Å². The third-order valence-corrected chi connectivity index (χ3v) is 9.48. The first-order valence-corrected chi connectivity index (χ1v) is 15.1. The van der Waals surface area contributed by atoms with Crippen LogP contribution in [0, 0.1) is 11.8 Å². The summed E-state index contributed by atoms with van der Waals surface area (Å²) in [5.74, 6) is -0.193. The van der Waals surface area contributed by atoms with E-state index in [1.165, 1.54) is 23.8 Å². The molecule has 7 heteroatoms. The van der Waals surface area contributed by atoms with Crippen LogP contribution in [0.3, 0.4) is 0 Å². The van der Waals surface area contributed by atoms with Gasteiger partial charge in [-0.05, 0) is 54.4 Å². The van der Waals surface area contributed by atoms with E-state index in [-0.39, 0.29) is 28.9 Å². The summed E-state index contributed by atoms with van der Waals surface area (Å²) in [6.45, 7) is 5.37. The Balaban J connectivity index is 1.27. The maximum absolute atomic E-state index is 13.9. The summed E-state index contributed by atoms with van der Waals surface area (Å²) in [7, 11) is 0. The molecular weight excluding hydrogens is 502 g/mol. The molecule has 7 nitrogen and oxygen atoms in total. The molecule has 0 bridgehead atoms. The van der Waals surface area contributed by atoms with Gasteiger partial charge in [0.15, 0.2) is 5.76 Å². The minimum absolute atomic E-state index is 0.0102. The van der Waals surface area contributed by atoms with E-state index in [2.05, 4.69) is 47.1 Å². The van der Waals surface area contributed by atoms with Crippen molar-refractivity contribution in [1.82, 2.24) is 15.5 Å². The van der Waals surface area contributed by atoms with Crippen molar-refractivity contribution >= 4 is 23.8 Å². The van der Waals surface area contributed by atoms with Crippen LogP contribution in [-0.4, -0.2) is 47.8 Å². The van der Waals surface area contributed by atoms with Crippen LogP contribution in [0.5, 0.6) is 0 Å². The van der Waals surface area contributed by atoms with Gasteiger partial charge in [0.05, 0.1) is 6.26 Å². The molecule has 1 saturated carbocycles. The quantitative estimate of drug-likeness (QED) is 0.437. The first-order valence-electron chi connectivity index (χ1n) is 15.1. The number of piperidine rings is 1. The highest BCUT2D eigenvalue weighted by molar-refractivity contribution is 5.96. The lowest BCUT2D eigenvalue weighted by Crippen LogP contribution is -2.58. The van der Waals surface area contributed by atoms with Crippen molar-refractivity contribution in [2.24, 2.45) is 11.8 Å². The Labute approximate surface area is 237 Å². The summed E-state index contributed by atoms with van der Waals surface area (Å²) in [6.07, 6.45) is 14.7. The van der Waals surface area contributed by atoms with Crippen LogP contribution in [0.25, 0.3) is 6.08 Å². The van der Waals surface area contributed by atoms with E-state index in [1.54, 1.807) is 12.1 Å². The number of carbonyl (C=O) groups is 3. The molecule has 5 rings (SSSR count). The van der Waals surface area contributed by atoms with Crippen LogP contribution < -0.4 is 10.6 Å². The molecule has 2 aliphatic carbocycles. The number of likely N-dealkylation sites (tertiary alicyclic amines) is 1. The van der Waals surface area contributed by atoms with Crippen molar-refractivity contribution in [2.75, 3.05) is 13.1 Å². The van der Waals surface area contributed by atoms with E-state index in [1.807, 2.05) is 18.7 Å². The molecule has 2 N–H and O–H groups in total. The number of nitrogens with zero attached hydrogens (tertiary/aromatic N) is 1. The number of rotatable bonds is 9. The van der Waals surface area contributed by atoms with Gasteiger partial charge in [0, 0.05) is 18.5 Å². The normalized spacial score (nSPS) is 20.5. The molecule has 3 atom stereocenters. The number of nitrogens with one attached hydrogen (secondary N) is 2. The Morgan fingerprint density at radius 2 is 1.77 bits per heavy atom. The lowest BCUT2D eigenvalue weighted by Gasteiger charge is -2.41. The summed E-state index contributed by atoms with van der Waals surface area (Å²) in [4.78, 5) is 42.4. The predicted octanol–water partition coefficient (Wildman–Crippen LogP) is 5.47. The minimum atomic E-state index is -0.718. The van der Waals surface area contributed by atoms with Crippen LogP contribution >= 0.6 is 0 Å². The molecule has 1 spiro atoms. The first-order chi connectivity index (χ1) is 19.4. The van der Waals surface area contributed by atoms with Gasteiger partial charge < -0.3 is 20.0 Å². The standard InChI is InChI=1S/C33H43N3O4/c1-3-23(2)29(32(39)36-19-17-33(18-20-36)16-15-25-12-7-8-13-26(25)33)35-30(37)27(22-24-10-5-4-6-11-24)34-31(38)28-14-9-21-40-28/h7-9,12-16,21,23-24,27,29H,3-6,10-11,17-20,22H2,1-2H3,(H,34,38)(H,35,37)/t23-,27-,29-/m0/s1. The highest BCUT2D eigenvalue weighted by Crippen LogP contribution is 2.43. The fourth-order valence-corrected chi connectivity index (χ4v) is 6.76. The molecule has 0 radical (unpaired) electrons. The predicted molar refractivity (Wildman–Crippen MR) is 156 cm³/mol. The molecule has 1 aromatic heterocycles. The van der Waals surface area contributed by atoms with Crippen LogP contribution in [-0.2, 0) is 15.0 Å². The molecule has 1 saturated heterocycles. The molecule has 40 heavy (non-hydrogen) atoms. The Bertz CT molecular complexity index is 1210. The average molecular weight is 546 g/mol. The molecule has 3 amide bonds. The van der Waals surface area contributed by atoms with Crippen LogP contribution in [0.4, 0.5) is 0 Å². The summed E-state index contributed by atoms with van der Waals surface area (Å²) in [5.41, 5.74) is 2.61. The molecule has 2 fully saturated rings. The van der Waals surface area contributed by atoms with Gasteiger partial charge in [0.1, 0.15) is 12.1 Å². The van der Waals surface area contributed by atoms with Crippen molar-refractivity contribution in [3.8, 4) is 0 Å². The molecular formula is C33H43N3O4. The third-order valence-electron chi connectivity index (χ3n) is 9.48. The Kier molecular flexibility index (Phi) is 8.77. The maximum atomic E-state index is 13.9. The number of benzene rings is 1. The molecule has 1 aliphatic heterocycles. The average Bonchev–Trinajstić information content (AvgIpc) is 3.65. The number of hydrogen-bond donors (Lipinski definition) is 2. The topological polar surface area (TPSA) is 91.6 Å². The lowest BCUT2D eigenvalue weighted by atomic mass is 9.74. The van der Waals surface area contributed by atoms with Crippen molar-refractivity contribution in [3.05, 3.63) is 65.6 Å². The second-order valence-electron chi connectivity index (χ2n) is 12.0. The smallest absolute Gasteiger partial charge is 0.287 e. The molecule has 1 aromatic carbocycles. The van der Waals surface area contributed by atoms with E-state index in [4.69, 9.17) is 4.42 Å². The van der Waals surface area contributed by atoms with E-state index in [0.29, 0.717) is 25.4 Å². The van der Waals surface area contributed by atoms with Crippen molar-refractivity contribution in [1.29, 1.82) is 0 Å². The number of amides is 3. The molecule has 214 valence electrons. The molecule has 2 aromatic rings. The first kappa shape index (κ1) is 28.2. The van der Waals surface area contributed by atoms with Gasteiger partial charge in [-0.15, -0.1) is 0 Å². The van der Waals surface area contributed by atoms with Gasteiger partial charge in [0.25, 0.3) is 5.91 Å². The van der Waals surface area contributed by atoms with Crippen LogP contribution in [0.2, 0.25) is 0 Å². The molecule has 2 heterocycles. The zero-order valence-corrected chi connectivity index (χ0v) is 23.9. The Morgan fingerprint density at radius 3 is 2.48 bits per heavy atom. The Hall–Kier alpha value is -3.35. The highest BCUT2D eigenvalue weighted by atomic mass is 16.3. The third kappa shape index (κ3) is 6.03. The highest BCUT2D eigenvalue weighted by Gasteiger charge is 2.41. The van der Waals surface area contributed by atoms with Gasteiger partial charge in [-0.3, -0.25) is 14.4 Å². The van der Waals surface area contributed by atoms with Crippen molar-refractivity contribution < 1.29 is 18.8 Å². The number of furan rings is 1. The summed E-state index contributed by atoms with van der Waals surface area (Å²) >= 11 is 0. The minimum Gasteiger partial charge on any atom is -0.459 e. The van der Waals surface area contributed by atoms with E-state index >= 15 is 0 Å². The summed E-state index contributed by atoms with van der Waals surface area (Å²) in [6, 6.07) is 10.4. The van der Waals surface area contributed by atoms with Crippen LogP contribution in [0.1, 0.15) is 93.3 Å². The SMILES string of the molecule is CC[C@H](C)[C@H](NC(=O)[C@H](CC1CCCCC1)NC(=O)c1ccco1)C(=O)N1CCC2(C=Cc3ccccc32)CC1. The molecule has 0 unspecified atom stereocenters. The largest absolute Gasteiger partial charge is 0.459 e. The fourth-order valence-electron chi connectivity index (χ4n) is 6.76. The zero-order valence-electron chi connectivity index (χ0n) is 23.9. The van der Waals surface area contributed by atoms with Gasteiger partial charge in [0.2, 0.25) is 11.8 Å². The number of fused-ring (bicyclic) bond motifs is 2. The van der Waals surface area contributed by atoms with Crippen LogP contribution in [0.15, 0.2) is 53.2 Å². The van der Waals surface area contributed by atoms with Crippen molar-refractivity contribution in [3.63, 3.8) is 0 Å². The fraction of sp³-hybridized carbons (Fsp3) is 0.545. The lowest BCUT2D eigenvalue weighted by molar-refractivity contribution is -0.139. The second kappa shape index (κ2) is 12.4. The van der Waals surface area contributed by atoms with Gasteiger partial charge in [-0.1, -0.05) is 88.8 Å².